The Morgan fingerprint density at radius 1 is 0.413 bits per heavy atom. The molecule has 5 rings (SSSR count). The second-order valence-electron chi connectivity index (χ2n) is 13.0. The summed E-state index contributed by atoms with van der Waals surface area (Å²) in [6.45, 7) is 20.7. The Morgan fingerprint density at radius 2 is 0.804 bits per heavy atom. The van der Waals surface area contributed by atoms with E-state index in [0.717, 1.165) is 69.2 Å². The fourth-order valence-corrected chi connectivity index (χ4v) is 8.24. The predicted octanol–water partition coefficient (Wildman–Crippen LogP) is 12.1. The lowest BCUT2D eigenvalue weighted by molar-refractivity contribution is 0.664. The summed E-state index contributed by atoms with van der Waals surface area (Å²) in [5.74, 6) is 0. The van der Waals surface area contributed by atoms with E-state index in [0.29, 0.717) is 0 Å². The molecule has 0 aliphatic carbocycles. The third-order valence-corrected chi connectivity index (χ3v) is 10.5. The molecule has 0 unspecified atom stereocenters. The van der Waals surface area contributed by atoms with Gasteiger partial charge in [-0.25, -0.2) is 9.97 Å². The lowest BCUT2D eigenvalue weighted by Crippen LogP contribution is -2.00. The van der Waals surface area contributed by atoms with E-state index in [1.165, 1.54) is 109 Å². The minimum absolute atomic E-state index is 0.978. The molecular weight excluding hydrogens is 560 g/mol. The summed E-state index contributed by atoms with van der Waals surface area (Å²) in [6.07, 6.45) is 13.9. The first kappa shape index (κ1) is 33.9. The second kappa shape index (κ2) is 15.0. The summed E-state index contributed by atoms with van der Waals surface area (Å²) in [6, 6.07) is 7.11. The van der Waals surface area contributed by atoms with Gasteiger partial charge in [-0.15, -0.1) is 0 Å². The summed E-state index contributed by atoms with van der Waals surface area (Å²) >= 11 is 0. The third kappa shape index (κ3) is 6.05. The normalized spacial score (nSPS) is 13.4. The minimum Gasteiger partial charge on any atom is -0.355 e. The van der Waals surface area contributed by atoms with E-state index < -0.39 is 0 Å². The highest BCUT2D eigenvalue weighted by atomic mass is 14.8. The molecule has 0 saturated carbocycles. The molecule has 46 heavy (non-hydrogen) atoms. The summed E-state index contributed by atoms with van der Waals surface area (Å²) < 4.78 is 0. The topological polar surface area (TPSA) is 57.4 Å². The molecular formula is C42H58N4. The van der Waals surface area contributed by atoms with Gasteiger partial charge in [-0.3, -0.25) is 0 Å². The van der Waals surface area contributed by atoms with Crippen LogP contribution in [0.3, 0.4) is 0 Å². The van der Waals surface area contributed by atoms with Crippen LogP contribution in [0.25, 0.3) is 44.4 Å². The van der Waals surface area contributed by atoms with Crippen LogP contribution in [0.4, 0.5) is 0 Å². The molecule has 0 aromatic carbocycles. The average molecular weight is 619 g/mol. The minimum atomic E-state index is 0.978. The molecule has 246 valence electrons. The molecule has 0 atom stereocenters. The van der Waals surface area contributed by atoms with Crippen LogP contribution < -0.4 is 0 Å². The van der Waals surface area contributed by atoms with Crippen molar-refractivity contribution in [1.82, 2.24) is 19.9 Å². The van der Waals surface area contributed by atoms with Gasteiger partial charge in [-0.2, -0.15) is 0 Å². The number of aryl methyl sites for hydroxylation is 4. The molecule has 2 aliphatic rings. The number of hydrogen-bond donors (Lipinski definition) is 2. The van der Waals surface area contributed by atoms with Crippen molar-refractivity contribution in [1.29, 1.82) is 0 Å². The SMILES string of the molecule is CCCCCCc1c2nc(cc3[nH]c(cc4[nH]c(cc5nc1C(CC)=C5CC)c(CC)c4CC)c(CC)c3CC)C(CC)=C2CC. The van der Waals surface area contributed by atoms with E-state index in [-0.39, 0.29) is 0 Å². The number of H-pyrrole nitrogens is 2. The number of unbranched alkanes of at least 4 members (excludes halogenated alkanes) is 3. The van der Waals surface area contributed by atoms with E-state index in [1.807, 2.05) is 0 Å². The first-order valence-electron chi connectivity index (χ1n) is 18.7. The fourth-order valence-electron chi connectivity index (χ4n) is 8.24. The Balaban J connectivity index is 2.04. The van der Waals surface area contributed by atoms with E-state index in [1.54, 1.807) is 0 Å². The number of rotatable bonds is 13. The van der Waals surface area contributed by atoms with Crippen LogP contribution in [0.1, 0.15) is 164 Å². The van der Waals surface area contributed by atoms with Crippen LogP contribution >= 0.6 is 0 Å². The molecule has 0 saturated heterocycles. The monoisotopic (exact) mass is 618 g/mol. The van der Waals surface area contributed by atoms with Crippen LogP contribution in [-0.2, 0) is 32.1 Å². The molecule has 8 bridgehead atoms. The zero-order chi connectivity index (χ0) is 33.0. The van der Waals surface area contributed by atoms with Gasteiger partial charge >= 0.3 is 0 Å². The zero-order valence-corrected chi connectivity index (χ0v) is 30.3. The van der Waals surface area contributed by atoms with Gasteiger partial charge in [0.2, 0.25) is 0 Å². The molecule has 0 radical (unpaired) electrons. The first-order valence-corrected chi connectivity index (χ1v) is 18.7. The van der Waals surface area contributed by atoms with Crippen molar-refractivity contribution in [2.75, 3.05) is 0 Å². The van der Waals surface area contributed by atoms with Crippen molar-refractivity contribution in [2.24, 2.45) is 0 Å². The molecule has 3 aromatic heterocycles. The van der Waals surface area contributed by atoms with E-state index in [2.05, 4.69) is 90.5 Å². The van der Waals surface area contributed by atoms with E-state index in [9.17, 15) is 0 Å². The summed E-state index contributed by atoms with van der Waals surface area (Å²) in [5, 5.41) is 0. The number of allylic oxidation sites excluding steroid dienone is 4. The Morgan fingerprint density at radius 3 is 1.15 bits per heavy atom. The smallest absolute Gasteiger partial charge is 0.0726 e. The lowest BCUT2D eigenvalue weighted by atomic mass is 9.91. The lowest BCUT2D eigenvalue weighted by Gasteiger charge is -2.12. The van der Waals surface area contributed by atoms with E-state index in [4.69, 9.17) is 9.97 Å². The first-order chi connectivity index (χ1) is 22.4. The number of aromatic nitrogens is 4. The molecule has 4 nitrogen and oxygen atoms in total. The Labute approximate surface area is 278 Å². The second-order valence-corrected chi connectivity index (χ2v) is 13.0. The quantitative estimate of drug-likeness (QED) is 0.187. The molecule has 0 amide bonds. The van der Waals surface area contributed by atoms with Crippen molar-refractivity contribution in [2.45, 2.75) is 146 Å². The van der Waals surface area contributed by atoms with E-state index >= 15 is 0 Å². The average Bonchev–Trinajstić information content (AvgIpc) is 3.79. The van der Waals surface area contributed by atoms with Gasteiger partial charge in [-0.1, -0.05) is 81.6 Å². The highest BCUT2D eigenvalue weighted by Crippen LogP contribution is 2.42. The number of aromatic amines is 2. The van der Waals surface area contributed by atoms with Gasteiger partial charge < -0.3 is 9.97 Å². The highest BCUT2D eigenvalue weighted by molar-refractivity contribution is 5.97. The van der Waals surface area contributed by atoms with Crippen molar-refractivity contribution < 1.29 is 0 Å². The zero-order valence-electron chi connectivity index (χ0n) is 30.3. The van der Waals surface area contributed by atoms with Crippen molar-refractivity contribution >= 4 is 44.4 Å². The molecule has 4 heteroatoms. The predicted molar refractivity (Wildman–Crippen MR) is 201 cm³/mol. The maximum absolute atomic E-state index is 5.58. The molecule has 3 aromatic rings. The number of hydrogen-bond acceptors (Lipinski definition) is 2. The number of nitrogens with zero attached hydrogens (tertiary/aromatic N) is 2. The van der Waals surface area contributed by atoms with Gasteiger partial charge in [0.05, 0.1) is 22.8 Å². The molecule has 5 heterocycles. The number of fused-ring (bicyclic) bond motifs is 8. The van der Waals surface area contributed by atoms with Crippen molar-refractivity contribution in [3.8, 4) is 0 Å². The van der Waals surface area contributed by atoms with Gasteiger partial charge in [0.15, 0.2) is 0 Å². The molecule has 0 spiro atoms. The Kier molecular flexibility index (Phi) is 11.1. The fraction of sp³-hybridized carbons (Fsp3) is 0.524. The van der Waals surface area contributed by atoms with Crippen LogP contribution in [0.2, 0.25) is 0 Å². The van der Waals surface area contributed by atoms with Gasteiger partial charge in [-0.05, 0) is 127 Å². The Hall–Kier alpha value is -3.40. The molecule has 2 N–H and O–H groups in total. The maximum atomic E-state index is 5.58. The van der Waals surface area contributed by atoms with Crippen LogP contribution in [0, 0.1) is 0 Å². The largest absolute Gasteiger partial charge is 0.355 e. The standard InChI is InChI=1S/C42H58N4/c1-10-19-20-21-22-34-41-32(17-8)30(15-6)39(45-41)24-37-28(13-4)26(11-2)35(43-37)23-36-27(12-3)29(14-5)38(44-36)25-40-31(16-7)33(18-9)42(34)46-40/h23-25,43-44H,10-22H2,1-9H3. The van der Waals surface area contributed by atoms with Crippen LogP contribution in [0.15, 0.2) is 18.2 Å². The van der Waals surface area contributed by atoms with Crippen molar-refractivity contribution in [3.63, 3.8) is 0 Å². The number of nitrogens with one attached hydrogen (secondary N) is 2. The van der Waals surface area contributed by atoms with Gasteiger partial charge in [0.25, 0.3) is 0 Å². The summed E-state index contributed by atoms with van der Waals surface area (Å²) in [4.78, 5) is 19.0. The van der Waals surface area contributed by atoms with Crippen LogP contribution in [-0.4, -0.2) is 19.9 Å². The summed E-state index contributed by atoms with van der Waals surface area (Å²) in [7, 11) is 0. The van der Waals surface area contributed by atoms with Gasteiger partial charge in [0, 0.05) is 27.6 Å². The summed E-state index contributed by atoms with van der Waals surface area (Å²) in [5.41, 5.74) is 22.2. The molecule has 2 aliphatic heterocycles. The van der Waals surface area contributed by atoms with Crippen molar-refractivity contribution in [3.05, 3.63) is 68.8 Å². The Bertz CT molecular complexity index is 1680. The van der Waals surface area contributed by atoms with Gasteiger partial charge in [0.1, 0.15) is 0 Å². The highest BCUT2D eigenvalue weighted by Gasteiger charge is 2.27. The van der Waals surface area contributed by atoms with Crippen LogP contribution in [0.5, 0.6) is 0 Å². The maximum Gasteiger partial charge on any atom is 0.0726 e. The third-order valence-electron chi connectivity index (χ3n) is 10.5. The molecule has 0 fully saturated rings.